The lowest BCUT2D eigenvalue weighted by atomic mass is 9.49. The highest BCUT2D eigenvalue weighted by Crippen LogP contribution is 2.85. The Kier molecular flexibility index (Phi) is 4.86. The third-order valence-electron chi connectivity index (χ3n) is 11.8. The SMILES string of the molecule is C=C(CC[C@@H](C)[C@H]1CC[C@H]2[C@@H]3CC[C@H]4C[C@@H](O)CCC45CC35CC[C@]12C)C(C)C. The quantitative estimate of drug-likeness (QED) is 0.479. The van der Waals surface area contributed by atoms with Gasteiger partial charge in [-0.1, -0.05) is 39.8 Å². The van der Waals surface area contributed by atoms with Crippen LogP contribution in [-0.4, -0.2) is 11.2 Å². The largest absolute Gasteiger partial charge is 0.393 e. The number of aliphatic hydroxyl groups is 1. The molecular weight excluding hydrogens is 352 g/mol. The van der Waals surface area contributed by atoms with E-state index < -0.39 is 0 Å². The van der Waals surface area contributed by atoms with Gasteiger partial charge in [-0.05, 0) is 129 Å². The van der Waals surface area contributed by atoms with Gasteiger partial charge < -0.3 is 5.11 Å². The van der Waals surface area contributed by atoms with Crippen LogP contribution in [0.5, 0.6) is 0 Å². The number of hydrogen-bond donors (Lipinski definition) is 1. The van der Waals surface area contributed by atoms with Crippen molar-refractivity contribution >= 4 is 0 Å². The summed E-state index contributed by atoms with van der Waals surface area (Å²) in [5.74, 6) is 5.28. The molecule has 2 unspecified atom stereocenters. The molecule has 5 aliphatic carbocycles. The Bertz CT molecular complexity index is 665. The zero-order chi connectivity index (χ0) is 20.6. The summed E-state index contributed by atoms with van der Waals surface area (Å²) < 4.78 is 0. The van der Waals surface area contributed by atoms with E-state index in [9.17, 15) is 5.11 Å². The average molecular weight is 399 g/mol. The van der Waals surface area contributed by atoms with E-state index in [0.717, 1.165) is 42.4 Å². The molecule has 5 fully saturated rings. The van der Waals surface area contributed by atoms with E-state index in [0.29, 0.717) is 22.2 Å². The Morgan fingerprint density at radius 2 is 1.72 bits per heavy atom. The Morgan fingerprint density at radius 1 is 0.966 bits per heavy atom. The maximum absolute atomic E-state index is 10.3. The molecular formula is C28H46O. The predicted molar refractivity (Wildman–Crippen MR) is 121 cm³/mol. The van der Waals surface area contributed by atoms with Crippen LogP contribution in [-0.2, 0) is 0 Å². The fourth-order valence-corrected chi connectivity index (χ4v) is 10.0. The standard InChI is InChI=1S/C28H46O/c1-18(2)19(3)6-7-20(4)23-10-11-24-25-9-8-21-16-22(29)12-13-27(21)17-28(25,27)15-14-26(23,24)5/h18,20-25,29H,3,6-17H2,1-2,4-5H3/t20-,21+,22+,23-,24+,25+,26-,27?,28?/m1/s1. The van der Waals surface area contributed by atoms with Gasteiger partial charge in [-0.15, -0.1) is 0 Å². The van der Waals surface area contributed by atoms with Gasteiger partial charge in [0.1, 0.15) is 0 Å². The molecule has 1 nitrogen and oxygen atoms in total. The summed E-state index contributed by atoms with van der Waals surface area (Å²) in [5.41, 5.74) is 3.41. The Balaban J connectivity index is 1.31. The first kappa shape index (κ1) is 20.6. The van der Waals surface area contributed by atoms with Crippen LogP contribution in [0.1, 0.15) is 105 Å². The summed E-state index contributed by atoms with van der Waals surface area (Å²) in [5, 5.41) is 10.3. The van der Waals surface area contributed by atoms with E-state index in [1.54, 1.807) is 0 Å². The van der Waals surface area contributed by atoms with Crippen LogP contribution >= 0.6 is 0 Å². The van der Waals surface area contributed by atoms with Gasteiger partial charge in [0.05, 0.1) is 6.10 Å². The lowest BCUT2D eigenvalue weighted by Gasteiger charge is -2.56. The van der Waals surface area contributed by atoms with Crippen LogP contribution in [0.2, 0.25) is 0 Å². The van der Waals surface area contributed by atoms with Crippen LogP contribution in [0.15, 0.2) is 12.2 Å². The molecule has 0 aromatic heterocycles. The first-order valence-electron chi connectivity index (χ1n) is 13.1. The van der Waals surface area contributed by atoms with Gasteiger partial charge in [0, 0.05) is 0 Å². The lowest BCUT2D eigenvalue weighted by molar-refractivity contribution is -0.0828. The van der Waals surface area contributed by atoms with Crippen LogP contribution in [0.25, 0.3) is 0 Å². The molecule has 0 aromatic carbocycles. The fourth-order valence-electron chi connectivity index (χ4n) is 10.0. The molecule has 5 aliphatic rings. The molecule has 5 saturated carbocycles. The van der Waals surface area contributed by atoms with Crippen molar-refractivity contribution in [1.82, 2.24) is 0 Å². The number of aliphatic hydroxyl groups excluding tert-OH is 1. The Morgan fingerprint density at radius 3 is 2.48 bits per heavy atom. The summed E-state index contributed by atoms with van der Waals surface area (Å²) in [4.78, 5) is 0. The molecule has 0 saturated heterocycles. The second-order valence-electron chi connectivity index (χ2n) is 12.9. The normalized spacial score (nSPS) is 51.6. The van der Waals surface area contributed by atoms with E-state index in [2.05, 4.69) is 34.3 Å². The fraction of sp³-hybridized carbons (Fsp3) is 0.929. The average Bonchev–Trinajstić information content (AvgIpc) is 3.22. The Labute approximate surface area is 180 Å². The summed E-state index contributed by atoms with van der Waals surface area (Å²) >= 11 is 0. The second-order valence-corrected chi connectivity index (χ2v) is 12.9. The molecule has 0 bridgehead atoms. The topological polar surface area (TPSA) is 20.2 Å². The van der Waals surface area contributed by atoms with Crippen LogP contribution < -0.4 is 0 Å². The molecule has 0 aliphatic heterocycles. The van der Waals surface area contributed by atoms with Crippen molar-refractivity contribution in [3.63, 3.8) is 0 Å². The van der Waals surface area contributed by atoms with E-state index >= 15 is 0 Å². The number of fused-ring (bicyclic) bond motifs is 2. The molecule has 1 N–H and O–H groups in total. The van der Waals surface area contributed by atoms with Crippen LogP contribution in [0.4, 0.5) is 0 Å². The van der Waals surface area contributed by atoms with Gasteiger partial charge in [-0.2, -0.15) is 0 Å². The van der Waals surface area contributed by atoms with E-state index in [-0.39, 0.29) is 6.10 Å². The molecule has 5 rings (SSSR count). The summed E-state index contributed by atoms with van der Waals surface area (Å²) in [7, 11) is 0. The molecule has 0 heterocycles. The monoisotopic (exact) mass is 398 g/mol. The molecule has 0 radical (unpaired) electrons. The smallest absolute Gasteiger partial charge is 0.0543 e. The van der Waals surface area contributed by atoms with Crippen molar-refractivity contribution < 1.29 is 5.11 Å². The van der Waals surface area contributed by atoms with Crippen molar-refractivity contribution in [2.75, 3.05) is 0 Å². The highest BCUT2D eigenvalue weighted by Gasteiger charge is 2.78. The zero-order valence-corrected chi connectivity index (χ0v) is 19.7. The third kappa shape index (κ3) is 2.81. The minimum Gasteiger partial charge on any atom is -0.393 e. The summed E-state index contributed by atoms with van der Waals surface area (Å²) in [6, 6.07) is 0. The predicted octanol–water partition coefficient (Wildman–Crippen LogP) is 7.39. The highest BCUT2D eigenvalue weighted by molar-refractivity contribution is 5.26. The minimum atomic E-state index is 0.00554. The zero-order valence-electron chi connectivity index (χ0n) is 19.7. The summed E-state index contributed by atoms with van der Waals surface area (Å²) in [6.45, 7) is 14.2. The third-order valence-corrected chi connectivity index (χ3v) is 11.8. The number of hydrogen-bond acceptors (Lipinski definition) is 1. The van der Waals surface area contributed by atoms with E-state index in [1.165, 1.54) is 69.8 Å². The summed E-state index contributed by atoms with van der Waals surface area (Å²) in [6.07, 6.45) is 16.6. The van der Waals surface area contributed by atoms with Crippen LogP contribution in [0, 0.1) is 51.8 Å². The Hall–Kier alpha value is -0.300. The highest BCUT2D eigenvalue weighted by atomic mass is 16.3. The van der Waals surface area contributed by atoms with Crippen LogP contribution in [0.3, 0.4) is 0 Å². The van der Waals surface area contributed by atoms with E-state index in [1.807, 2.05) is 0 Å². The van der Waals surface area contributed by atoms with Gasteiger partial charge in [0.15, 0.2) is 0 Å². The first-order chi connectivity index (χ1) is 13.7. The van der Waals surface area contributed by atoms with Gasteiger partial charge in [0.25, 0.3) is 0 Å². The van der Waals surface area contributed by atoms with Gasteiger partial charge >= 0.3 is 0 Å². The van der Waals surface area contributed by atoms with Gasteiger partial charge in [-0.25, -0.2) is 0 Å². The first-order valence-corrected chi connectivity index (χ1v) is 13.1. The minimum absolute atomic E-state index is 0.00554. The van der Waals surface area contributed by atoms with Gasteiger partial charge in [0.2, 0.25) is 0 Å². The van der Waals surface area contributed by atoms with Crippen molar-refractivity contribution in [3.8, 4) is 0 Å². The number of allylic oxidation sites excluding steroid dienone is 1. The lowest BCUT2D eigenvalue weighted by Crippen LogP contribution is -2.49. The molecule has 0 amide bonds. The van der Waals surface area contributed by atoms with Crippen molar-refractivity contribution in [2.24, 2.45) is 51.8 Å². The number of rotatable bonds is 5. The molecule has 29 heavy (non-hydrogen) atoms. The second kappa shape index (κ2) is 6.85. The molecule has 2 spiro atoms. The van der Waals surface area contributed by atoms with Crippen molar-refractivity contribution in [1.29, 1.82) is 0 Å². The molecule has 1 heteroatoms. The van der Waals surface area contributed by atoms with Crippen molar-refractivity contribution in [3.05, 3.63) is 12.2 Å². The van der Waals surface area contributed by atoms with Gasteiger partial charge in [-0.3, -0.25) is 0 Å². The van der Waals surface area contributed by atoms with E-state index in [4.69, 9.17) is 0 Å². The maximum atomic E-state index is 10.3. The molecule has 0 aromatic rings. The molecule has 9 atom stereocenters. The molecule has 164 valence electrons. The maximum Gasteiger partial charge on any atom is 0.0543 e. The van der Waals surface area contributed by atoms with Crippen molar-refractivity contribution in [2.45, 2.75) is 111 Å².